The summed E-state index contributed by atoms with van der Waals surface area (Å²) in [5.74, 6) is 0. The predicted octanol–water partition coefficient (Wildman–Crippen LogP) is 6.50. The minimum absolute atomic E-state index is 0.383. The summed E-state index contributed by atoms with van der Waals surface area (Å²) in [4.78, 5) is 9.11. The van der Waals surface area contributed by atoms with Gasteiger partial charge in [0.15, 0.2) is 0 Å². The van der Waals surface area contributed by atoms with Crippen molar-refractivity contribution in [3.8, 4) is 22.4 Å². The van der Waals surface area contributed by atoms with Crippen LogP contribution in [-0.4, -0.2) is 25.5 Å². The maximum absolute atomic E-state index is 12.2. The molecule has 0 aliphatic carbocycles. The second-order valence-corrected chi connectivity index (χ2v) is 10.4. The molecule has 0 saturated heterocycles. The van der Waals surface area contributed by atoms with Gasteiger partial charge in [-0.15, -0.1) is 0 Å². The van der Waals surface area contributed by atoms with Crippen molar-refractivity contribution in [2.24, 2.45) is 4.40 Å². The summed E-state index contributed by atoms with van der Waals surface area (Å²) in [5.41, 5.74) is 5.55. The van der Waals surface area contributed by atoms with Gasteiger partial charge in [0.05, 0.1) is 17.4 Å². The third-order valence-corrected chi connectivity index (χ3v) is 6.43. The molecule has 0 aliphatic heterocycles. The van der Waals surface area contributed by atoms with Gasteiger partial charge in [-0.25, -0.2) is 9.97 Å². The highest BCUT2D eigenvalue weighted by Gasteiger charge is 2.25. The largest absolute Gasteiger partial charge is 0.591 e. The molecule has 0 amide bonds. The van der Waals surface area contributed by atoms with Crippen LogP contribution >= 0.6 is 11.6 Å². The van der Waals surface area contributed by atoms with Gasteiger partial charge < -0.3 is 4.55 Å². The van der Waals surface area contributed by atoms with Crippen LogP contribution < -0.4 is 0 Å². The number of benzene rings is 2. The molecular formula is C25H22ClN3OS. The monoisotopic (exact) mass is 447 g/mol. The molecule has 0 aliphatic rings. The standard InChI is InChI=1S/C25H22ClN3OS/c1-25(2,3)31(30)28-16-17-9-11-19(12-10-17)23-20(18-7-5-4-6-8-18)15-21-22(29-23)13-14-27-24(21)26/h4-16H,1-3H3. The molecule has 0 N–H and O–H groups in total. The lowest BCUT2D eigenvalue weighted by molar-refractivity contribution is 0.562. The van der Waals surface area contributed by atoms with Crippen LogP contribution in [0.5, 0.6) is 0 Å². The quantitative estimate of drug-likeness (QED) is 0.204. The van der Waals surface area contributed by atoms with Gasteiger partial charge in [0.2, 0.25) is 0 Å². The van der Waals surface area contributed by atoms with E-state index in [1.807, 2.05) is 75.4 Å². The second kappa shape index (κ2) is 8.79. The van der Waals surface area contributed by atoms with Gasteiger partial charge in [-0.1, -0.05) is 70.6 Å². The summed E-state index contributed by atoms with van der Waals surface area (Å²) in [6.45, 7) is 5.71. The predicted molar refractivity (Wildman–Crippen MR) is 131 cm³/mol. The van der Waals surface area contributed by atoms with Crippen molar-refractivity contribution in [2.75, 3.05) is 0 Å². The summed E-state index contributed by atoms with van der Waals surface area (Å²) >= 11 is 5.05. The fourth-order valence-corrected chi connectivity index (χ4v) is 3.86. The molecule has 0 bridgehead atoms. The Kier molecular flexibility index (Phi) is 6.10. The average Bonchev–Trinajstić information content (AvgIpc) is 2.77. The highest BCUT2D eigenvalue weighted by molar-refractivity contribution is 7.91. The molecule has 2 heterocycles. The van der Waals surface area contributed by atoms with Gasteiger partial charge in [0.1, 0.15) is 21.3 Å². The Labute approximate surface area is 190 Å². The first-order valence-electron chi connectivity index (χ1n) is 9.90. The molecule has 0 saturated carbocycles. The van der Waals surface area contributed by atoms with E-state index in [4.69, 9.17) is 16.6 Å². The smallest absolute Gasteiger partial charge is 0.144 e. The highest BCUT2D eigenvalue weighted by atomic mass is 35.5. The van der Waals surface area contributed by atoms with Crippen molar-refractivity contribution in [2.45, 2.75) is 25.5 Å². The van der Waals surface area contributed by atoms with Crippen LogP contribution in [0.1, 0.15) is 26.3 Å². The van der Waals surface area contributed by atoms with E-state index in [0.29, 0.717) is 5.15 Å². The lowest BCUT2D eigenvalue weighted by Gasteiger charge is -2.17. The lowest BCUT2D eigenvalue weighted by atomic mass is 9.97. The number of pyridine rings is 2. The number of hydrogen-bond acceptors (Lipinski definition) is 4. The van der Waals surface area contributed by atoms with Crippen molar-refractivity contribution in [1.82, 2.24) is 9.97 Å². The molecule has 2 aromatic carbocycles. The molecule has 1 unspecified atom stereocenters. The van der Waals surface area contributed by atoms with Crippen molar-refractivity contribution in [1.29, 1.82) is 0 Å². The fourth-order valence-electron chi connectivity index (χ4n) is 3.11. The Hall–Kier alpha value is -2.73. The summed E-state index contributed by atoms with van der Waals surface area (Å²) in [5, 5.41) is 1.26. The van der Waals surface area contributed by atoms with Crippen molar-refractivity contribution >= 4 is 40.1 Å². The van der Waals surface area contributed by atoms with E-state index < -0.39 is 11.4 Å². The molecule has 0 fully saturated rings. The molecule has 4 aromatic rings. The Bertz CT molecular complexity index is 1240. The number of rotatable bonds is 4. The zero-order valence-corrected chi connectivity index (χ0v) is 19.1. The second-order valence-electron chi connectivity index (χ2n) is 8.14. The van der Waals surface area contributed by atoms with E-state index in [9.17, 15) is 4.55 Å². The van der Waals surface area contributed by atoms with Gasteiger partial charge >= 0.3 is 0 Å². The van der Waals surface area contributed by atoms with E-state index in [0.717, 1.165) is 38.9 Å². The Balaban J connectivity index is 1.77. The van der Waals surface area contributed by atoms with E-state index in [1.54, 1.807) is 12.4 Å². The molecule has 156 valence electrons. The number of halogens is 1. The molecule has 0 spiro atoms. The van der Waals surface area contributed by atoms with E-state index in [-0.39, 0.29) is 4.75 Å². The van der Waals surface area contributed by atoms with Crippen LogP contribution in [-0.2, 0) is 11.4 Å². The molecule has 2 aromatic heterocycles. The first-order chi connectivity index (χ1) is 14.8. The Morgan fingerprint density at radius 2 is 1.68 bits per heavy atom. The zero-order chi connectivity index (χ0) is 22.0. The van der Waals surface area contributed by atoms with Crippen LogP contribution in [0, 0.1) is 0 Å². The van der Waals surface area contributed by atoms with Crippen molar-refractivity contribution in [3.05, 3.63) is 83.6 Å². The summed E-state index contributed by atoms with van der Waals surface area (Å²) in [7, 11) is 0. The minimum Gasteiger partial charge on any atom is -0.591 e. The lowest BCUT2D eigenvalue weighted by Crippen LogP contribution is -2.25. The van der Waals surface area contributed by atoms with Crippen molar-refractivity contribution < 1.29 is 4.55 Å². The number of aromatic nitrogens is 2. The fraction of sp³-hybridized carbons (Fsp3) is 0.160. The Morgan fingerprint density at radius 1 is 0.968 bits per heavy atom. The molecule has 0 radical (unpaired) electrons. The van der Waals surface area contributed by atoms with Crippen LogP contribution in [0.4, 0.5) is 0 Å². The van der Waals surface area contributed by atoms with Gasteiger partial charge in [-0.3, -0.25) is 0 Å². The highest BCUT2D eigenvalue weighted by Crippen LogP contribution is 2.35. The van der Waals surface area contributed by atoms with E-state index in [1.165, 1.54) is 0 Å². The van der Waals surface area contributed by atoms with E-state index >= 15 is 0 Å². The third-order valence-electron chi connectivity index (χ3n) is 4.78. The van der Waals surface area contributed by atoms with Crippen molar-refractivity contribution in [3.63, 3.8) is 0 Å². The molecule has 4 rings (SSSR count). The van der Waals surface area contributed by atoms with Gasteiger partial charge in [-0.05, 0) is 44.0 Å². The number of nitrogens with zero attached hydrogens (tertiary/aromatic N) is 3. The maximum Gasteiger partial charge on any atom is 0.144 e. The molecule has 4 nitrogen and oxygen atoms in total. The van der Waals surface area contributed by atoms with Crippen LogP contribution in [0.15, 0.2) is 77.3 Å². The van der Waals surface area contributed by atoms with Crippen LogP contribution in [0.3, 0.4) is 0 Å². The SMILES string of the molecule is CC(C)(C)[S+]([O-])N=Cc1ccc(-c2nc3ccnc(Cl)c3cc2-c2ccccc2)cc1. The first kappa shape index (κ1) is 21.5. The zero-order valence-electron chi connectivity index (χ0n) is 17.5. The topological polar surface area (TPSA) is 61.2 Å². The molecule has 31 heavy (non-hydrogen) atoms. The van der Waals surface area contributed by atoms with Gasteiger partial charge in [0, 0.05) is 22.7 Å². The van der Waals surface area contributed by atoms with Gasteiger partial charge in [-0.2, -0.15) is 0 Å². The summed E-state index contributed by atoms with van der Waals surface area (Å²) in [6.07, 6.45) is 3.32. The normalized spacial score (nSPS) is 13.1. The van der Waals surface area contributed by atoms with E-state index in [2.05, 4.69) is 21.5 Å². The average molecular weight is 448 g/mol. The maximum atomic E-state index is 12.2. The van der Waals surface area contributed by atoms with Gasteiger partial charge in [0.25, 0.3) is 0 Å². The van der Waals surface area contributed by atoms with Crippen LogP contribution in [0.2, 0.25) is 5.15 Å². The summed E-state index contributed by atoms with van der Waals surface area (Å²) in [6, 6.07) is 21.9. The first-order valence-corrected chi connectivity index (χ1v) is 11.4. The van der Waals surface area contributed by atoms with Crippen LogP contribution in [0.25, 0.3) is 33.3 Å². The molecular weight excluding hydrogens is 426 g/mol. The molecule has 1 atom stereocenters. The Morgan fingerprint density at radius 3 is 2.35 bits per heavy atom. The number of hydrogen-bond donors (Lipinski definition) is 0. The third kappa shape index (κ3) is 4.79. The minimum atomic E-state index is -1.29. The number of fused-ring (bicyclic) bond motifs is 1. The molecule has 6 heteroatoms. The summed E-state index contributed by atoms with van der Waals surface area (Å²) < 4.78 is 16.0.